The molecule has 0 fully saturated rings. The van der Waals surface area contributed by atoms with Crippen molar-refractivity contribution in [3.63, 3.8) is 0 Å². The second kappa shape index (κ2) is 6.02. The molecule has 0 radical (unpaired) electrons. The molecule has 0 bridgehead atoms. The van der Waals surface area contributed by atoms with E-state index in [1.165, 1.54) is 20.0 Å². The predicted molar refractivity (Wildman–Crippen MR) is 58.2 cm³/mol. The van der Waals surface area contributed by atoms with Crippen LogP contribution in [-0.4, -0.2) is 24.7 Å². The van der Waals surface area contributed by atoms with Gasteiger partial charge < -0.3 is 4.74 Å². The van der Waals surface area contributed by atoms with Gasteiger partial charge in [-0.05, 0) is 27.2 Å². The van der Waals surface area contributed by atoms with Gasteiger partial charge in [-0.1, -0.05) is 19.8 Å². The van der Waals surface area contributed by atoms with Crippen molar-refractivity contribution in [2.75, 3.05) is 7.11 Å². The summed E-state index contributed by atoms with van der Waals surface area (Å²) in [5.41, 5.74) is -0.581. The Bertz CT molecular complexity index is 178. The molecule has 0 aliphatic carbocycles. The summed E-state index contributed by atoms with van der Waals surface area (Å²) >= 11 is 0. The quantitative estimate of drug-likeness (QED) is 0.669. The number of esters is 1. The molecule has 0 saturated heterocycles. The molecule has 1 atom stereocenters. The average Bonchev–Trinajstić information content (AvgIpc) is 2.12. The molecular formula is C11H23NO2. The second-order valence-corrected chi connectivity index (χ2v) is 4.30. The number of rotatable bonds is 6. The molecule has 0 aliphatic heterocycles. The summed E-state index contributed by atoms with van der Waals surface area (Å²) in [5.74, 6) is -0.208. The fourth-order valence-corrected chi connectivity index (χ4v) is 1.51. The molecule has 0 saturated carbocycles. The molecule has 0 rings (SSSR count). The van der Waals surface area contributed by atoms with Crippen LogP contribution < -0.4 is 5.32 Å². The molecule has 3 heteroatoms. The summed E-state index contributed by atoms with van der Waals surface area (Å²) in [5, 5.41) is 3.27. The molecular weight excluding hydrogens is 178 g/mol. The SMILES string of the molecule is CCCCC(C)NC(C)(C)C(=O)OC. The van der Waals surface area contributed by atoms with E-state index in [0.29, 0.717) is 6.04 Å². The van der Waals surface area contributed by atoms with Crippen LogP contribution >= 0.6 is 0 Å². The van der Waals surface area contributed by atoms with Crippen molar-refractivity contribution in [1.29, 1.82) is 0 Å². The molecule has 0 aliphatic rings. The number of hydrogen-bond donors (Lipinski definition) is 1. The van der Waals surface area contributed by atoms with Crippen molar-refractivity contribution in [2.45, 2.75) is 58.5 Å². The smallest absolute Gasteiger partial charge is 0.325 e. The van der Waals surface area contributed by atoms with E-state index in [4.69, 9.17) is 4.74 Å². The summed E-state index contributed by atoms with van der Waals surface area (Å²) < 4.78 is 4.72. The molecule has 1 unspecified atom stereocenters. The van der Waals surface area contributed by atoms with Crippen LogP contribution in [0.3, 0.4) is 0 Å². The van der Waals surface area contributed by atoms with E-state index in [1.54, 1.807) is 0 Å². The lowest BCUT2D eigenvalue weighted by Gasteiger charge is -2.27. The molecule has 0 aromatic rings. The molecule has 3 nitrogen and oxygen atoms in total. The van der Waals surface area contributed by atoms with Crippen LogP contribution in [0.25, 0.3) is 0 Å². The summed E-state index contributed by atoms with van der Waals surface area (Å²) in [6.45, 7) is 7.96. The van der Waals surface area contributed by atoms with E-state index >= 15 is 0 Å². The third kappa shape index (κ3) is 4.61. The average molecular weight is 201 g/mol. The van der Waals surface area contributed by atoms with Gasteiger partial charge in [0.2, 0.25) is 0 Å². The third-order valence-corrected chi connectivity index (χ3v) is 2.29. The Hall–Kier alpha value is -0.570. The molecule has 14 heavy (non-hydrogen) atoms. The van der Waals surface area contributed by atoms with Crippen molar-refractivity contribution < 1.29 is 9.53 Å². The van der Waals surface area contributed by atoms with Gasteiger partial charge in [0.1, 0.15) is 5.54 Å². The van der Waals surface area contributed by atoms with E-state index in [9.17, 15) is 4.79 Å². The first-order valence-corrected chi connectivity index (χ1v) is 5.30. The van der Waals surface area contributed by atoms with Crippen LogP contribution in [0.2, 0.25) is 0 Å². The van der Waals surface area contributed by atoms with Crippen LogP contribution in [0.4, 0.5) is 0 Å². The fraction of sp³-hybridized carbons (Fsp3) is 0.909. The maximum atomic E-state index is 11.4. The zero-order valence-corrected chi connectivity index (χ0v) is 10.0. The first kappa shape index (κ1) is 13.4. The number of methoxy groups -OCH3 is 1. The molecule has 0 heterocycles. The molecule has 0 spiro atoms. The van der Waals surface area contributed by atoms with Crippen LogP contribution in [0.1, 0.15) is 47.0 Å². The summed E-state index contributed by atoms with van der Waals surface area (Å²) in [6, 6.07) is 0.351. The highest BCUT2D eigenvalue weighted by Gasteiger charge is 2.29. The second-order valence-electron chi connectivity index (χ2n) is 4.30. The van der Waals surface area contributed by atoms with Gasteiger partial charge in [-0.15, -0.1) is 0 Å². The normalized spacial score (nSPS) is 13.8. The number of carbonyl (C=O) groups excluding carboxylic acids is 1. The highest BCUT2D eigenvalue weighted by molar-refractivity contribution is 5.79. The van der Waals surface area contributed by atoms with Gasteiger partial charge >= 0.3 is 5.97 Å². The van der Waals surface area contributed by atoms with E-state index in [1.807, 2.05) is 13.8 Å². The lowest BCUT2D eigenvalue weighted by molar-refractivity contribution is -0.147. The number of nitrogens with one attached hydrogen (secondary N) is 1. The number of ether oxygens (including phenoxy) is 1. The lowest BCUT2D eigenvalue weighted by atomic mass is 10.0. The van der Waals surface area contributed by atoms with Gasteiger partial charge in [-0.3, -0.25) is 10.1 Å². The van der Waals surface area contributed by atoms with Gasteiger partial charge in [-0.25, -0.2) is 0 Å². The molecule has 0 amide bonds. The van der Waals surface area contributed by atoms with Crippen LogP contribution in [0, 0.1) is 0 Å². The van der Waals surface area contributed by atoms with Crippen LogP contribution in [0.5, 0.6) is 0 Å². The maximum absolute atomic E-state index is 11.4. The summed E-state index contributed by atoms with van der Waals surface area (Å²) in [4.78, 5) is 11.4. The van der Waals surface area contributed by atoms with Crippen LogP contribution in [-0.2, 0) is 9.53 Å². The Kier molecular flexibility index (Phi) is 5.77. The summed E-state index contributed by atoms with van der Waals surface area (Å²) in [6.07, 6.45) is 3.47. The zero-order chi connectivity index (χ0) is 11.2. The third-order valence-electron chi connectivity index (χ3n) is 2.29. The van der Waals surface area contributed by atoms with Gasteiger partial charge in [-0.2, -0.15) is 0 Å². The van der Waals surface area contributed by atoms with E-state index in [2.05, 4.69) is 19.2 Å². The van der Waals surface area contributed by atoms with Gasteiger partial charge in [0, 0.05) is 6.04 Å². The first-order valence-electron chi connectivity index (χ1n) is 5.30. The molecule has 0 aromatic carbocycles. The zero-order valence-electron chi connectivity index (χ0n) is 10.0. The highest BCUT2D eigenvalue weighted by Crippen LogP contribution is 2.09. The van der Waals surface area contributed by atoms with Gasteiger partial charge in [0.15, 0.2) is 0 Å². The van der Waals surface area contributed by atoms with Crippen molar-refractivity contribution in [3.05, 3.63) is 0 Å². The molecule has 0 aromatic heterocycles. The summed E-state index contributed by atoms with van der Waals surface area (Å²) in [7, 11) is 1.42. The largest absolute Gasteiger partial charge is 0.468 e. The molecule has 1 N–H and O–H groups in total. The van der Waals surface area contributed by atoms with E-state index in [0.717, 1.165) is 6.42 Å². The fourth-order valence-electron chi connectivity index (χ4n) is 1.51. The van der Waals surface area contributed by atoms with Crippen molar-refractivity contribution in [2.24, 2.45) is 0 Å². The van der Waals surface area contributed by atoms with Crippen molar-refractivity contribution in [3.8, 4) is 0 Å². The first-order chi connectivity index (χ1) is 6.44. The van der Waals surface area contributed by atoms with E-state index < -0.39 is 5.54 Å². The number of carbonyl (C=O) groups is 1. The predicted octanol–water partition coefficient (Wildman–Crippen LogP) is 2.11. The Labute approximate surface area is 87.2 Å². The van der Waals surface area contributed by atoms with Crippen molar-refractivity contribution >= 4 is 5.97 Å². The Morgan fingerprint density at radius 3 is 2.50 bits per heavy atom. The molecule has 84 valence electrons. The minimum atomic E-state index is -0.581. The number of unbranched alkanes of at least 4 members (excludes halogenated alkanes) is 1. The van der Waals surface area contributed by atoms with E-state index in [-0.39, 0.29) is 5.97 Å². The minimum Gasteiger partial charge on any atom is -0.468 e. The minimum absolute atomic E-state index is 0.208. The topological polar surface area (TPSA) is 38.3 Å². The Morgan fingerprint density at radius 2 is 2.07 bits per heavy atom. The Balaban J connectivity index is 4.01. The number of hydrogen-bond acceptors (Lipinski definition) is 3. The maximum Gasteiger partial charge on any atom is 0.325 e. The lowest BCUT2D eigenvalue weighted by Crippen LogP contribution is -2.51. The van der Waals surface area contributed by atoms with Gasteiger partial charge in [0.25, 0.3) is 0 Å². The highest BCUT2D eigenvalue weighted by atomic mass is 16.5. The van der Waals surface area contributed by atoms with Gasteiger partial charge in [0.05, 0.1) is 7.11 Å². The van der Waals surface area contributed by atoms with Crippen LogP contribution in [0.15, 0.2) is 0 Å². The monoisotopic (exact) mass is 201 g/mol. The van der Waals surface area contributed by atoms with Crippen molar-refractivity contribution in [1.82, 2.24) is 5.32 Å². The standard InChI is InChI=1S/C11H23NO2/c1-6-7-8-9(2)12-11(3,4)10(13)14-5/h9,12H,6-8H2,1-5H3. The Morgan fingerprint density at radius 1 is 1.50 bits per heavy atom.